The summed E-state index contributed by atoms with van der Waals surface area (Å²) in [6, 6.07) is 6.41. The highest BCUT2D eigenvalue weighted by molar-refractivity contribution is 7.89. The number of hydrogen-bond donors (Lipinski definition) is 2. The number of aromatic nitrogens is 2. The number of sulfonamides is 1. The molecule has 0 saturated heterocycles. The number of ether oxygens (including phenoxy) is 1. The molecule has 0 bridgehead atoms. The Bertz CT molecular complexity index is 637. The SMILES string of the molecule is CCCOc1ccc(S(=O)(=O)NCCc2ncc[nH]2)cc1. The second-order valence-corrected chi connectivity index (χ2v) is 6.27. The Hall–Kier alpha value is -1.86. The van der Waals surface area contributed by atoms with Gasteiger partial charge in [-0.2, -0.15) is 0 Å². The summed E-state index contributed by atoms with van der Waals surface area (Å²) < 4.78 is 32.2. The fourth-order valence-electron chi connectivity index (χ4n) is 1.76. The fraction of sp³-hybridized carbons (Fsp3) is 0.357. The van der Waals surface area contributed by atoms with Crippen molar-refractivity contribution in [2.24, 2.45) is 0 Å². The number of nitrogens with zero attached hydrogens (tertiary/aromatic N) is 1. The summed E-state index contributed by atoms with van der Waals surface area (Å²) in [5.41, 5.74) is 0. The standard InChI is InChI=1S/C14H19N3O3S/c1-2-11-20-12-3-5-13(6-4-12)21(18,19)17-8-7-14-15-9-10-16-14/h3-6,9-10,17H,2,7-8,11H2,1H3,(H,15,16). The van der Waals surface area contributed by atoms with E-state index >= 15 is 0 Å². The van der Waals surface area contributed by atoms with E-state index in [0.717, 1.165) is 12.2 Å². The Labute approximate surface area is 124 Å². The Morgan fingerprint density at radius 3 is 2.67 bits per heavy atom. The predicted molar refractivity (Wildman–Crippen MR) is 79.7 cm³/mol. The number of hydrogen-bond acceptors (Lipinski definition) is 4. The summed E-state index contributed by atoms with van der Waals surface area (Å²) in [6.07, 6.45) is 4.77. The largest absolute Gasteiger partial charge is 0.494 e. The van der Waals surface area contributed by atoms with Crippen LogP contribution in [0.2, 0.25) is 0 Å². The molecule has 0 saturated carbocycles. The maximum Gasteiger partial charge on any atom is 0.240 e. The molecule has 21 heavy (non-hydrogen) atoms. The van der Waals surface area contributed by atoms with Crippen LogP contribution in [0.15, 0.2) is 41.6 Å². The maximum absolute atomic E-state index is 12.1. The van der Waals surface area contributed by atoms with Crippen molar-refractivity contribution in [2.45, 2.75) is 24.7 Å². The summed E-state index contributed by atoms with van der Waals surface area (Å²) in [5.74, 6) is 1.42. The van der Waals surface area contributed by atoms with Crippen LogP contribution in [0.25, 0.3) is 0 Å². The monoisotopic (exact) mass is 309 g/mol. The maximum atomic E-state index is 12.1. The molecule has 0 aliphatic rings. The number of rotatable bonds is 8. The van der Waals surface area contributed by atoms with Gasteiger partial charge in [0.1, 0.15) is 11.6 Å². The minimum atomic E-state index is -3.50. The van der Waals surface area contributed by atoms with Crippen molar-refractivity contribution in [1.29, 1.82) is 0 Å². The van der Waals surface area contributed by atoms with Gasteiger partial charge in [-0.25, -0.2) is 18.1 Å². The molecule has 0 spiro atoms. The number of nitrogens with one attached hydrogen (secondary N) is 2. The molecule has 2 aromatic rings. The summed E-state index contributed by atoms with van der Waals surface area (Å²) >= 11 is 0. The average molecular weight is 309 g/mol. The highest BCUT2D eigenvalue weighted by Crippen LogP contribution is 2.16. The van der Waals surface area contributed by atoms with Crippen molar-refractivity contribution in [1.82, 2.24) is 14.7 Å². The molecular weight excluding hydrogens is 290 g/mol. The van der Waals surface area contributed by atoms with Gasteiger partial charge in [0.2, 0.25) is 10.0 Å². The first kappa shape index (κ1) is 15.5. The molecule has 7 heteroatoms. The van der Waals surface area contributed by atoms with Crippen molar-refractivity contribution < 1.29 is 13.2 Å². The van der Waals surface area contributed by atoms with Gasteiger partial charge in [0.15, 0.2) is 0 Å². The molecule has 0 fully saturated rings. The normalized spacial score (nSPS) is 11.5. The molecule has 1 heterocycles. The molecule has 114 valence electrons. The zero-order chi connectivity index (χ0) is 15.1. The lowest BCUT2D eigenvalue weighted by Crippen LogP contribution is -2.26. The molecule has 0 amide bonds. The Balaban J connectivity index is 1.92. The molecule has 1 aromatic carbocycles. The molecule has 0 aliphatic carbocycles. The Kier molecular flexibility index (Phi) is 5.35. The average Bonchev–Trinajstić information content (AvgIpc) is 2.98. The van der Waals surface area contributed by atoms with Gasteiger partial charge in [0.25, 0.3) is 0 Å². The number of benzene rings is 1. The third-order valence-electron chi connectivity index (χ3n) is 2.82. The van der Waals surface area contributed by atoms with Crippen LogP contribution in [0.3, 0.4) is 0 Å². The number of H-pyrrole nitrogens is 1. The lowest BCUT2D eigenvalue weighted by Gasteiger charge is -2.08. The fourth-order valence-corrected chi connectivity index (χ4v) is 2.79. The van der Waals surface area contributed by atoms with Crippen LogP contribution in [-0.2, 0) is 16.4 Å². The summed E-state index contributed by atoms with van der Waals surface area (Å²) in [4.78, 5) is 7.20. The van der Waals surface area contributed by atoms with E-state index in [2.05, 4.69) is 14.7 Å². The zero-order valence-electron chi connectivity index (χ0n) is 11.9. The molecule has 2 rings (SSSR count). The van der Waals surface area contributed by atoms with Crippen LogP contribution >= 0.6 is 0 Å². The first-order valence-electron chi connectivity index (χ1n) is 6.82. The van der Waals surface area contributed by atoms with Gasteiger partial charge in [-0.05, 0) is 30.7 Å². The van der Waals surface area contributed by atoms with Crippen LogP contribution < -0.4 is 9.46 Å². The van der Waals surface area contributed by atoms with Crippen LogP contribution in [0.5, 0.6) is 5.75 Å². The van der Waals surface area contributed by atoms with E-state index in [1.165, 1.54) is 0 Å². The number of aromatic amines is 1. The molecule has 6 nitrogen and oxygen atoms in total. The van der Waals surface area contributed by atoms with Crippen LogP contribution in [0, 0.1) is 0 Å². The molecule has 0 radical (unpaired) electrons. The molecule has 0 aliphatic heterocycles. The summed E-state index contributed by atoms with van der Waals surface area (Å²) in [7, 11) is -3.50. The van der Waals surface area contributed by atoms with Gasteiger partial charge in [0.05, 0.1) is 11.5 Å². The predicted octanol–water partition coefficient (Wildman–Crippen LogP) is 1.72. The summed E-state index contributed by atoms with van der Waals surface area (Å²) in [6.45, 7) is 2.93. The van der Waals surface area contributed by atoms with Gasteiger partial charge < -0.3 is 9.72 Å². The molecule has 1 aromatic heterocycles. The highest BCUT2D eigenvalue weighted by Gasteiger charge is 2.13. The lowest BCUT2D eigenvalue weighted by atomic mass is 10.3. The van der Waals surface area contributed by atoms with Crippen LogP contribution in [0.4, 0.5) is 0 Å². The second kappa shape index (κ2) is 7.24. The van der Waals surface area contributed by atoms with Crippen molar-refractivity contribution >= 4 is 10.0 Å². The van der Waals surface area contributed by atoms with Crippen molar-refractivity contribution in [3.63, 3.8) is 0 Å². The van der Waals surface area contributed by atoms with Gasteiger partial charge in [-0.3, -0.25) is 0 Å². The lowest BCUT2D eigenvalue weighted by molar-refractivity contribution is 0.317. The molecule has 2 N–H and O–H groups in total. The van der Waals surface area contributed by atoms with Gasteiger partial charge in [0, 0.05) is 25.4 Å². The van der Waals surface area contributed by atoms with E-state index in [1.807, 2.05) is 6.92 Å². The third-order valence-corrected chi connectivity index (χ3v) is 4.29. The number of imidazole rings is 1. The van der Waals surface area contributed by atoms with E-state index in [1.54, 1.807) is 36.7 Å². The Morgan fingerprint density at radius 2 is 2.05 bits per heavy atom. The van der Waals surface area contributed by atoms with E-state index in [9.17, 15) is 8.42 Å². The smallest absolute Gasteiger partial charge is 0.240 e. The van der Waals surface area contributed by atoms with Crippen LogP contribution in [-0.4, -0.2) is 31.5 Å². The minimum absolute atomic E-state index is 0.228. The highest BCUT2D eigenvalue weighted by atomic mass is 32.2. The van der Waals surface area contributed by atoms with Gasteiger partial charge in [-0.1, -0.05) is 6.92 Å². The second-order valence-electron chi connectivity index (χ2n) is 4.50. The molecular formula is C14H19N3O3S. The zero-order valence-corrected chi connectivity index (χ0v) is 12.7. The minimum Gasteiger partial charge on any atom is -0.494 e. The van der Waals surface area contributed by atoms with Crippen LogP contribution in [0.1, 0.15) is 19.2 Å². The molecule has 0 atom stereocenters. The topological polar surface area (TPSA) is 84.1 Å². The quantitative estimate of drug-likeness (QED) is 0.777. The summed E-state index contributed by atoms with van der Waals surface area (Å²) in [5, 5.41) is 0. The van der Waals surface area contributed by atoms with Crippen molar-refractivity contribution in [3.8, 4) is 5.75 Å². The van der Waals surface area contributed by atoms with Crippen molar-refractivity contribution in [2.75, 3.05) is 13.2 Å². The van der Waals surface area contributed by atoms with E-state index in [-0.39, 0.29) is 4.90 Å². The first-order valence-corrected chi connectivity index (χ1v) is 8.31. The van der Waals surface area contributed by atoms with E-state index in [4.69, 9.17) is 4.74 Å². The van der Waals surface area contributed by atoms with E-state index in [0.29, 0.717) is 25.3 Å². The Morgan fingerprint density at radius 1 is 1.29 bits per heavy atom. The molecule has 0 unspecified atom stereocenters. The van der Waals surface area contributed by atoms with Gasteiger partial charge >= 0.3 is 0 Å². The first-order chi connectivity index (χ1) is 10.1. The van der Waals surface area contributed by atoms with Crippen molar-refractivity contribution in [3.05, 3.63) is 42.5 Å². The third kappa shape index (κ3) is 4.57. The van der Waals surface area contributed by atoms with E-state index < -0.39 is 10.0 Å². The van der Waals surface area contributed by atoms with Gasteiger partial charge in [-0.15, -0.1) is 0 Å².